The minimum Gasteiger partial charge on any atom is -0.347 e. The van der Waals surface area contributed by atoms with Gasteiger partial charge in [-0.25, -0.2) is 4.98 Å². The average molecular weight is 308 g/mol. The van der Waals surface area contributed by atoms with Crippen molar-refractivity contribution in [1.29, 1.82) is 0 Å². The highest BCUT2D eigenvalue weighted by molar-refractivity contribution is 7.13. The first kappa shape index (κ1) is 14.5. The Morgan fingerprint density at radius 2 is 1.82 bits per heavy atom. The monoisotopic (exact) mass is 308 g/mol. The summed E-state index contributed by atoms with van der Waals surface area (Å²) in [4.78, 5) is 16.6. The van der Waals surface area contributed by atoms with Gasteiger partial charge in [0.2, 0.25) is 0 Å². The van der Waals surface area contributed by atoms with Crippen LogP contribution in [0.25, 0.3) is 10.6 Å². The van der Waals surface area contributed by atoms with Crippen molar-refractivity contribution < 1.29 is 4.79 Å². The zero-order chi connectivity index (χ0) is 15.4. The van der Waals surface area contributed by atoms with E-state index in [0.717, 1.165) is 16.1 Å². The Kier molecular flexibility index (Phi) is 4.30. The number of benzene rings is 2. The molecule has 1 amide bonds. The Labute approximate surface area is 133 Å². The second kappa shape index (κ2) is 6.54. The Morgan fingerprint density at radius 3 is 2.55 bits per heavy atom. The van der Waals surface area contributed by atoms with Crippen molar-refractivity contribution in [2.75, 3.05) is 0 Å². The summed E-state index contributed by atoms with van der Waals surface area (Å²) in [6.07, 6.45) is 0. The molecule has 0 radical (unpaired) electrons. The molecule has 110 valence electrons. The summed E-state index contributed by atoms with van der Waals surface area (Å²) < 4.78 is 0. The van der Waals surface area contributed by atoms with Gasteiger partial charge in [-0.05, 0) is 12.5 Å². The molecule has 3 rings (SSSR count). The van der Waals surface area contributed by atoms with E-state index in [4.69, 9.17) is 0 Å². The van der Waals surface area contributed by atoms with E-state index in [1.807, 2.05) is 61.5 Å². The van der Waals surface area contributed by atoms with Crippen LogP contribution < -0.4 is 5.32 Å². The molecule has 1 N–H and O–H groups in total. The Balaban J connectivity index is 1.66. The molecule has 1 heterocycles. The van der Waals surface area contributed by atoms with Gasteiger partial charge in [-0.15, -0.1) is 11.3 Å². The van der Waals surface area contributed by atoms with E-state index in [-0.39, 0.29) is 5.91 Å². The number of carbonyl (C=O) groups is 1. The van der Waals surface area contributed by atoms with E-state index in [1.54, 1.807) is 5.38 Å². The standard InChI is InChI=1S/C18H16N2OS/c1-13-7-9-14(10-8-13)11-19-17(21)16-12-22-18(20-16)15-5-3-2-4-6-15/h2-10,12H,11H2,1H3,(H,19,21). The molecule has 2 aromatic carbocycles. The van der Waals surface area contributed by atoms with Gasteiger partial charge >= 0.3 is 0 Å². The number of carbonyl (C=O) groups excluding carboxylic acids is 1. The molecule has 0 unspecified atom stereocenters. The predicted octanol–water partition coefficient (Wildman–Crippen LogP) is 4.05. The molecule has 0 atom stereocenters. The first-order valence-corrected chi connectivity index (χ1v) is 7.95. The summed E-state index contributed by atoms with van der Waals surface area (Å²) >= 11 is 1.48. The summed E-state index contributed by atoms with van der Waals surface area (Å²) in [5.74, 6) is -0.140. The van der Waals surface area contributed by atoms with Crippen LogP contribution in [0.5, 0.6) is 0 Å². The van der Waals surface area contributed by atoms with Crippen molar-refractivity contribution in [3.63, 3.8) is 0 Å². The van der Waals surface area contributed by atoms with E-state index in [1.165, 1.54) is 16.9 Å². The lowest BCUT2D eigenvalue weighted by molar-refractivity contribution is 0.0946. The number of hydrogen-bond acceptors (Lipinski definition) is 3. The number of nitrogens with zero attached hydrogens (tertiary/aromatic N) is 1. The zero-order valence-electron chi connectivity index (χ0n) is 12.2. The highest BCUT2D eigenvalue weighted by Gasteiger charge is 2.11. The van der Waals surface area contributed by atoms with E-state index in [0.29, 0.717) is 12.2 Å². The Bertz CT molecular complexity index is 763. The maximum absolute atomic E-state index is 12.2. The molecule has 3 aromatic rings. The normalized spacial score (nSPS) is 10.4. The molecule has 0 aliphatic carbocycles. The van der Waals surface area contributed by atoms with Crippen LogP contribution in [0.1, 0.15) is 21.6 Å². The molecule has 22 heavy (non-hydrogen) atoms. The second-order valence-corrected chi connectivity index (χ2v) is 5.93. The lowest BCUT2D eigenvalue weighted by Gasteiger charge is -2.03. The molecule has 0 aliphatic heterocycles. The van der Waals surface area contributed by atoms with E-state index in [2.05, 4.69) is 10.3 Å². The van der Waals surface area contributed by atoms with Crippen molar-refractivity contribution in [3.8, 4) is 10.6 Å². The molecule has 3 nitrogen and oxygen atoms in total. The van der Waals surface area contributed by atoms with Crippen LogP contribution in [0, 0.1) is 6.92 Å². The van der Waals surface area contributed by atoms with Crippen LogP contribution in [-0.4, -0.2) is 10.9 Å². The van der Waals surface area contributed by atoms with Crippen LogP contribution in [0.4, 0.5) is 0 Å². The van der Waals surface area contributed by atoms with Gasteiger partial charge in [-0.2, -0.15) is 0 Å². The van der Waals surface area contributed by atoms with Crippen LogP contribution in [0.15, 0.2) is 60.0 Å². The highest BCUT2D eigenvalue weighted by Crippen LogP contribution is 2.23. The fraction of sp³-hybridized carbons (Fsp3) is 0.111. The van der Waals surface area contributed by atoms with Gasteiger partial charge in [-0.3, -0.25) is 4.79 Å². The van der Waals surface area contributed by atoms with Gasteiger partial charge < -0.3 is 5.32 Å². The zero-order valence-corrected chi connectivity index (χ0v) is 13.1. The predicted molar refractivity (Wildman–Crippen MR) is 89.9 cm³/mol. The van der Waals surface area contributed by atoms with Gasteiger partial charge in [0.1, 0.15) is 10.7 Å². The molecule has 0 bridgehead atoms. The molecule has 0 aliphatic rings. The summed E-state index contributed by atoms with van der Waals surface area (Å²) in [5, 5.41) is 5.57. The Morgan fingerprint density at radius 1 is 1.09 bits per heavy atom. The average Bonchev–Trinajstić information content (AvgIpc) is 3.05. The number of aromatic nitrogens is 1. The molecule has 0 fully saturated rings. The van der Waals surface area contributed by atoms with Crippen molar-refractivity contribution in [1.82, 2.24) is 10.3 Å². The van der Waals surface area contributed by atoms with Crippen LogP contribution in [-0.2, 0) is 6.54 Å². The molecular weight excluding hydrogens is 292 g/mol. The number of rotatable bonds is 4. The van der Waals surface area contributed by atoms with Crippen LogP contribution in [0.2, 0.25) is 0 Å². The maximum Gasteiger partial charge on any atom is 0.271 e. The summed E-state index contributed by atoms with van der Waals surface area (Å²) in [6, 6.07) is 18.0. The van der Waals surface area contributed by atoms with Gasteiger partial charge in [0.15, 0.2) is 0 Å². The van der Waals surface area contributed by atoms with Gasteiger partial charge in [0, 0.05) is 17.5 Å². The van der Waals surface area contributed by atoms with E-state index >= 15 is 0 Å². The van der Waals surface area contributed by atoms with Crippen molar-refractivity contribution in [2.45, 2.75) is 13.5 Å². The lowest BCUT2D eigenvalue weighted by Crippen LogP contribution is -2.23. The minimum atomic E-state index is -0.140. The fourth-order valence-electron chi connectivity index (χ4n) is 2.07. The number of thiazole rings is 1. The maximum atomic E-state index is 12.2. The third-order valence-corrected chi connectivity index (χ3v) is 4.22. The van der Waals surface area contributed by atoms with Gasteiger partial charge in [0.05, 0.1) is 0 Å². The fourth-order valence-corrected chi connectivity index (χ4v) is 2.88. The summed E-state index contributed by atoms with van der Waals surface area (Å²) in [6.45, 7) is 2.56. The summed E-state index contributed by atoms with van der Waals surface area (Å²) in [5.41, 5.74) is 3.79. The number of aryl methyl sites for hydroxylation is 1. The van der Waals surface area contributed by atoms with Crippen molar-refractivity contribution >= 4 is 17.2 Å². The first-order chi connectivity index (χ1) is 10.7. The van der Waals surface area contributed by atoms with Gasteiger partial charge in [-0.1, -0.05) is 60.2 Å². The third-order valence-electron chi connectivity index (χ3n) is 3.33. The minimum absolute atomic E-state index is 0.140. The molecular formula is C18H16N2OS. The van der Waals surface area contributed by atoms with E-state index < -0.39 is 0 Å². The topological polar surface area (TPSA) is 42.0 Å². The second-order valence-electron chi connectivity index (χ2n) is 5.07. The van der Waals surface area contributed by atoms with Crippen LogP contribution in [0.3, 0.4) is 0 Å². The Hall–Kier alpha value is -2.46. The number of amides is 1. The molecule has 4 heteroatoms. The lowest BCUT2D eigenvalue weighted by atomic mass is 10.1. The molecule has 0 saturated carbocycles. The SMILES string of the molecule is Cc1ccc(CNC(=O)c2csc(-c3ccccc3)n2)cc1. The highest BCUT2D eigenvalue weighted by atomic mass is 32.1. The third kappa shape index (κ3) is 3.40. The first-order valence-electron chi connectivity index (χ1n) is 7.07. The van der Waals surface area contributed by atoms with Crippen LogP contribution >= 0.6 is 11.3 Å². The van der Waals surface area contributed by atoms with Crippen molar-refractivity contribution in [3.05, 3.63) is 76.8 Å². The quantitative estimate of drug-likeness (QED) is 0.790. The molecule has 0 saturated heterocycles. The largest absolute Gasteiger partial charge is 0.347 e. The number of hydrogen-bond donors (Lipinski definition) is 1. The van der Waals surface area contributed by atoms with Crippen molar-refractivity contribution in [2.24, 2.45) is 0 Å². The number of nitrogens with one attached hydrogen (secondary N) is 1. The van der Waals surface area contributed by atoms with E-state index in [9.17, 15) is 4.79 Å². The molecule has 1 aromatic heterocycles. The van der Waals surface area contributed by atoms with Gasteiger partial charge in [0.25, 0.3) is 5.91 Å². The smallest absolute Gasteiger partial charge is 0.271 e. The summed E-state index contributed by atoms with van der Waals surface area (Å²) in [7, 11) is 0. The molecule has 0 spiro atoms.